The Morgan fingerprint density at radius 1 is 1.30 bits per heavy atom. The van der Waals surface area contributed by atoms with Gasteiger partial charge in [-0.1, -0.05) is 18.2 Å². The van der Waals surface area contributed by atoms with E-state index in [2.05, 4.69) is 5.32 Å². The van der Waals surface area contributed by atoms with Gasteiger partial charge < -0.3 is 20.1 Å². The Hall–Kier alpha value is -2.34. The number of nitrogens with zero attached hydrogens (tertiary/aromatic N) is 1. The monoisotopic (exact) mass is 276 g/mol. The van der Waals surface area contributed by atoms with Gasteiger partial charge in [0.1, 0.15) is 6.54 Å². The van der Waals surface area contributed by atoms with Gasteiger partial charge in [0, 0.05) is 11.7 Å². The van der Waals surface area contributed by atoms with Crippen LogP contribution in [0.2, 0.25) is 0 Å². The molecule has 2 rings (SSSR count). The third-order valence-corrected chi connectivity index (χ3v) is 3.08. The van der Waals surface area contributed by atoms with E-state index in [1.807, 2.05) is 30.3 Å². The lowest BCUT2D eigenvalue weighted by Gasteiger charge is -2.18. The molecule has 20 heavy (non-hydrogen) atoms. The number of benzene rings is 1. The normalized spacial score (nSPS) is 13.9. The number of aliphatic carboxylic acids is 1. The molecule has 1 atom stereocenters. The van der Waals surface area contributed by atoms with Gasteiger partial charge in [0.05, 0.1) is 6.54 Å². The number of aliphatic hydroxyl groups is 1. The summed E-state index contributed by atoms with van der Waals surface area (Å²) in [6.45, 7) is 0.879. The van der Waals surface area contributed by atoms with Crippen LogP contribution in [0.4, 0.5) is 0 Å². The van der Waals surface area contributed by atoms with Gasteiger partial charge in [-0.15, -0.1) is 0 Å². The first-order valence-corrected chi connectivity index (χ1v) is 6.16. The molecular formula is C14H16N2O4. The number of carboxylic acid groups (broad SMARTS) is 1. The molecule has 1 aromatic carbocycles. The fraction of sp³-hybridized carbons (Fsp3) is 0.286. The standard InChI is InChI=1S/C14H16N2O4/c1-14(20,13(18)19)9-15-12(17)8-16-7-6-10-4-2-3-5-11(10)16/h2-7,20H,8-9H2,1H3,(H,15,17)(H,18,19). The largest absolute Gasteiger partial charge is 0.479 e. The van der Waals surface area contributed by atoms with Crippen molar-refractivity contribution in [3.63, 3.8) is 0 Å². The van der Waals surface area contributed by atoms with Crippen LogP contribution in [0.5, 0.6) is 0 Å². The molecule has 106 valence electrons. The predicted molar refractivity (Wildman–Crippen MR) is 73.2 cm³/mol. The molecule has 1 unspecified atom stereocenters. The average Bonchev–Trinajstić information content (AvgIpc) is 2.80. The van der Waals surface area contributed by atoms with Crippen molar-refractivity contribution in [1.82, 2.24) is 9.88 Å². The highest BCUT2D eigenvalue weighted by Crippen LogP contribution is 2.14. The third-order valence-electron chi connectivity index (χ3n) is 3.08. The lowest BCUT2D eigenvalue weighted by molar-refractivity contribution is -0.156. The van der Waals surface area contributed by atoms with E-state index in [9.17, 15) is 14.7 Å². The van der Waals surface area contributed by atoms with Gasteiger partial charge in [-0.25, -0.2) is 4.79 Å². The first kappa shape index (κ1) is 14.1. The summed E-state index contributed by atoms with van der Waals surface area (Å²) in [7, 11) is 0. The van der Waals surface area contributed by atoms with Crippen molar-refractivity contribution in [1.29, 1.82) is 0 Å². The Kier molecular flexibility index (Phi) is 3.76. The van der Waals surface area contributed by atoms with Crippen LogP contribution in [0.25, 0.3) is 10.9 Å². The quantitative estimate of drug-likeness (QED) is 0.745. The lowest BCUT2D eigenvalue weighted by Crippen LogP contribution is -2.47. The zero-order valence-electron chi connectivity index (χ0n) is 11.0. The molecule has 0 saturated heterocycles. The number of nitrogens with one attached hydrogen (secondary N) is 1. The highest BCUT2D eigenvalue weighted by molar-refractivity contribution is 5.84. The first-order chi connectivity index (χ1) is 9.40. The van der Waals surface area contributed by atoms with Crippen molar-refractivity contribution in [2.24, 2.45) is 0 Å². The van der Waals surface area contributed by atoms with Crippen molar-refractivity contribution >= 4 is 22.8 Å². The number of carboxylic acids is 1. The fourth-order valence-electron chi connectivity index (χ4n) is 1.84. The maximum absolute atomic E-state index is 11.8. The second-order valence-corrected chi connectivity index (χ2v) is 4.86. The van der Waals surface area contributed by atoms with Crippen LogP contribution < -0.4 is 5.32 Å². The van der Waals surface area contributed by atoms with Crippen LogP contribution in [0, 0.1) is 0 Å². The molecule has 0 aliphatic heterocycles. The van der Waals surface area contributed by atoms with E-state index in [0.29, 0.717) is 0 Å². The summed E-state index contributed by atoms with van der Waals surface area (Å²) < 4.78 is 1.76. The fourth-order valence-corrected chi connectivity index (χ4v) is 1.84. The maximum atomic E-state index is 11.8. The molecule has 0 radical (unpaired) electrons. The maximum Gasteiger partial charge on any atom is 0.337 e. The van der Waals surface area contributed by atoms with Gasteiger partial charge in [0.2, 0.25) is 5.91 Å². The lowest BCUT2D eigenvalue weighted by atomic mass is 10.1. The van der Waals surface area contributed by atoms with Crippen LogP contribution in [0.15, 0.2) is 36.5 Å². The molecule has 0 spiro atoms. The molecule has 6 heteroatoms. The van der Waals surface area contributed by atoms with E-state index in [4.69, 9.17) is 5.11 Å². The van der Waals surface area contributed by atoms with Gasteiger partial charge in [-0.05, 0) is 24.4 Å². The molecule has 0 aliphatic carbocycles. The highest BCUT2D eigenvalue weighted by atomic mass is 16.4. The molecule has 0 saturated carbocycles. The number of carbonyl (C=O) groups is 2. The van der Waals surface area contributed by atoms with Gasteiger partial charge in [0.15, 0.2) is 5.60 Å². The number of aromatic nitrogens is 1. The van der Waals surface area contributed by atoms with E-state index >= 15 is 0 Å². The van der Waals surface area contributed by atoms with Crippen molar-refractivity contribution in [3.05, 3.63) is 36.5 Å². The van der Waals surface area contributed by atoms with E-state index < -0.39 is 11.6 Å². The Balaban J connectivity index is 2.00. The second kappa shape index (κ2) is 5.34. The van der Waals surface area contributed by atoms with Crippen molar-refractivity contribution in [2.75, 3.05) is 6.54 Å². The summed E-state index contributed by atoms with van der Waals surface area (Å²) in [4.78, 5) is 22.5. The van der Waals surface area contributed by atoms with Gasteiger partial charge in [-0.2, -0.15) is 0 Å². The molecule has 1 heterocycles. The minimum absolute atomic E-state index is 0.0726. The predicted octanol–water partition coefficient (Wildman–Crippen LogP) is 0.593. The van der Waals surface area contributed by atoms with Crippen molar-refractivity contribution < 1.29 is 19.8 Å². The van der Waals surface area contributed by atoms with Crippen LogP contribution in [0.3, 0.4) is 0 Å². The summed E-state index contributed by atoms with van der Waals surface area (Å²) in [6.07, 6.45) is 1.79. The average molecular weight is 276 g/mol. The highest BCUT2D eigenvalue weighted by Gasteiger charge is 2.30. The molecule has 1 aromatic heterocycles. The van der Waals surface area contributed by atoms with E-state index in [-0.39, 0.29) is 19.0 Å². The number of carbonyl (C=O) groups excluding carboxylic acids is 1. The number of amides is 1. The second-order valence-electron chi connectivity index (χ2n) is 4.86. The van der Waals surface area contributed by atoms with Crippen LogP contribution in [-0.4, -0.2) is 38.8 Å². The van der Waals surface area contributed by atoms with Crippen LogP contribution in [0.1, 0.15) is 6.92 Å². The van der Waals surface area contributed by atoms with Crippen LogP contribution >= 0.6 is 0 Å². The molecule has 0 fully saturated rings. The Morgan fingerprint density at radius 2 is 2.00 bits per heavy atom. The number of rotatable bonds is 5. The zero-order chi connectivity index (χ0) is 14.8. The number of hydrogen-bond donors (Lipinski definition) is 3. The molecule has 6 nitrogen and oxygen atoms in total. The smallest absolute Gasteiger partial charge is 0.337 e. The van der Waals surface area contributed by atoms with Gasteiger partial charge >= 0.3 is 5.97 Å². The third kappa shape index (κ3) is 2.97. The van der Waals surface area contributed by atoms with Gasteiger partial charge in [-0.3, -0.25) is 4.79 Å². The summed E-state index contributed by atoms with van der Waals surface area (Å²) in [5.41, 5.74) is -1.04. The SMILES string of the molecule is CC(O)(CNC(=O)Cn1ccc2ccccc21)C(=O)O. The van der Waals surface area contributed by atoms with Crippen molar-refractivity contribution in [3.8, 4) is 0 Å². The topological polar surface area (TPSA) is 91.6 Å². The molecule has 3 N–H and O–H groups in total. The Labute approximate surface area is 115 Å². The van der Waals surface area contributed by atoms with Crippen LogP contribution in [-0.2, 0) is 16.1 Å². The first-order valence-electron chi connectivity index (χ1n) is 6.16. The van der Waals surface area contributed by atoms with E-state index in [1.54, 1.807) is 10.8 Å². The minimum Gasteiger partial charge on any atom is -0.479 e. The molecule has 0 aliphatic rings. The van der Waals surface area contributed by atoms with E-state index in [0.717, 1.165) is 17.8 Å². The number of hydrogen-bond acceptors (Lipinski definition) is 3. The minimum atomic E-state index is -1.96. The molecule has 2 aromatic rings. The zero-order valence-corrected chi connectivity index (χ0v) is 11.0. The molecule has 1 amide bonds. The molecule has 0 bridgehead atoms. The summed E-state index contributed by atoms with van der Waals surface area (Å²) in [5.74, 6) is -1.72. The van der Waals surface area contributed by atoms with Gasteiger partial charge in [0.25, 0.3) is 0 Å². The number of para-hydroxylation sites is 1. The Bertz CT molecular complexity index is 645. The summed E-state index contributed by atoms with van der Waals surface area (Å²) >= 11 is 0. The van der Waals surface area contributed by atoms with E-state index in [1.165, 1.54) is 0 Å². The molecular weight excluding hydrogens is 260 g/mol. The summed E-state index contributed by atoms with van der Waals surface area (Å²) in [5, 5.41) is 21.7. The summed E-state index contributed by atoms with van der Waals surface area (Å²) in [6, 6.07) is 9.54. The Morgan fingerprint density at radius 3 is 2.70 bits per heavy atom. The number of fused-ring (bicyclic) bond motifs is 1. The van der Waals surface area contributed by atoms with Crippen molar-refractivity contribution in [2.45, 2.75) is 19.1 Å².